The smallest absolute Gasteiger partial charge is 0.307 e. The molecule has 1 heterocycles. The Balaban J connectivity index is 1.75. The van der Waals surface area contributed by atoms with Gasteiger partial charge in [-0.15, -0.1) is 0 Å². The molecule has 6 nitrogen and oxygen atoms in total. The number of hydrazone groups is 1. The van der Waals surface area contributed by atoms with Crippen LogP contribution in [-0.4, -0.2) is 23.6 Å². The summed E-state index contributed by atoms with van der Waals surface area (Å²) in [6, 6.07) is 3.47. The van der Waals surface area contributed by atoms with Gasteiger partial charge >= 0.3 is 5.91 Å². The summed E-state index contributed by atoms with van der Waals surface area (Å²) in [5.41, 5.74) is 2.92. The Hall–Kier alpha value is -2.11. The molecule has 1 saturated carbocycles. The second-order valence-corrected chi connectivity index (χ2v) is 4.99. The van der Waals surface area contributed by atoms with E-state index in [0.29, 0.717) is 11.8 Å². The molecule has 6 heteroatoms. The first-order chi connectivity index (χ1) is 9.65. The van der Waals surface area contributed by atoms with Crippen molar-refractivity contribution in [2.75, 3.05) is 0 Å². The average molecular weight is 277 g/mol. The Morgan fingerprint density at radius 1 is 1.40 bits per heavy atom. The Labute approximate surface area is 117 Å². The highest BCUT2D eigenvalue weighted by molar-refractivity contribution is 6.00. The highest BCUT2D eigenvalue weighted by Gasteiger charge is 2.17. The SMILES string of the molecule is C/C(CC(=O)NC1CCCC1)=N/NC(=O)c1ccco1. The second-order valence-electron chi connectivity index (χ2n) is 4.99. The van der Waals surface area contributed by atoms with Gasteiger partial charge in [-0.2, -0.15) is 5.10 Å². The normalized spacial score (nSPS) is 16.1. The van der Waals surface area contributed by atoms with Crippen LogP contribution in [0.4, 0.5) is 0 Å². The number of furan rings is 1. The molecule has 1 aliphatic rings. The summed E-state index contributed by atoms with van der Waals surface area (Å²) in [5.74, 6) is -0.284. The van der Waals surface area contributed by atoms with Crippen LogP contribution in [0.3, 0.4) is 0 Å². The Morgan fingerprint density at radius 3 is 2.80 bits per heavy atom. The molecule has 0 aromatic carbocycles. The summed E-state index contributed by atoms with van der Waals surface area (Å²) in [7, 11) is 0. The van der Waals surface area contributed by atoms with Gasteiger partial charge in [-0.25, -0.2) is 5.43 Å². The van der Waals surface area contributed by atoms with E-state index < -0.39 is 5.91 Å². The highest BCUT2D eigenvalue weighted by Crippen LogP contribution is 2.17. The molecular formula is C14H19N3O3. The monoisotopic (exact) mass is 277 g/mol. The van der Waals surface area contributed by atoms with E-state index in [2.05, 4.69) is 15.8 Å². The summed E-state index contributed by atoms with van der Waals surface area (Å²) >= 11 is 0. The zero-order valence-electron chi connectivity index (χ0n) is 11.5. The van der Waals surface area contributed by atoms with Crippen molar-refractivity contribution in [2.45, 2.75) is 45.1 Å². The van der Waals surface area contributed by atoms with E-state index in [0.717, 1.165) is 12.8 Å². The van der Waals surface area contributed by atoms with Crippen molar-refractivity contribution in [1.29, 1.82) is 0 Å². The molecule has 1 aromatic heterocycles. The van der Waals surface area contributed by atoms with Crippen molar-refractivity contribution in [3.8, 4) is 0 Å². The predicted molar refractivity (Wildman–Crippen MR) is 74.3 cm³/mol. The molecule has 0 radical (unpaired) electrons. The van der Waals surface area contributed by atoms with Crippen molar-refractivity contribution in [1.82, 2.24) is 10.7 Å². The fourth-order valence-electron chi connectivity index (χ4n) is 2.23. The molecule has 0 spiro atoms. The molecule has 1 fully saturated rings. The summed E-state index contributed by atoms with van der Waals surface area (Å²) in [6.45, 7) is 1.71. The number of hydrogen-bond donors (Lipinski definition) is 2. The summed E-state index contributed by atoms with van der Waals surface area (Å²) in [4.78, 5) is 23.3. The van der Waals surface area contributed by atoms with Crippen LogP contribution >= 0.6 is 0 Å². The molecule has 1 aromatic rings. The first-order valence-electron chi connectivity index (χ1n) is 6.81. The number of amides is 2. The van der Waals surface area contributed by atoms with E-state index in [9.17, 15) is 9.59 Å². The van der Waals surface area contributed by atoms with E-state index in [1.54, 1.807) is 19.1 Å². The van der Waals surface area contributed by atoms with Gasteiger partial charge in [-0.05, 0) is 31.9 Å². The topological polar surface area (TPSA) is 83.7 Å². The summed E-state index contributed by atoms with van der Waals surface area (Å²) < 4.78 is 4.94. The van der Waals surface area contributed by atoms with E-state index in [4.69, 9.17) is 4.42 Å². The molecule has 2 amide bonds. The van der Waals surface area contributed by atoms with Gasteiger partial charge in [-0.3, -0.25) is 9.59 Å². The predicted octanol–water partition coefficient (Wildman–Crippen LogP) is 1.83. The molecule has 1 aliphatic carbocycles. The molecule has 2 rings (SSSR count). The standard InChI is InChI=1S/C14H19N3O3/c1-10(9-13(18)15-11-5-2-3-6-11)16-17-14(19)12-7-4-8-20-12/h4,7-8,11H,2-3,5-6,9H2,1H3,(H,15,18)(H,17,19)/b16-10-. The molecule has 0 unspecified atom stereocenters. The molecular weight excluding hydrogens is 258 g/mol. The molecule has 0 atom stereocenters. The molecule has 0 aliphatic heterocycles. The lowest BCUT2D eigenvalue weighted by atomic mass is 10.2. The van der Waals surface area contributed by atoms with Crippen molar-refractivity contribution < 1.29 is 14.0 Å². The maximum atomic E-state index is 11.8. The molecule has 108 valence electrons. The first kappa shape index (κ1) is 14.3. The Bertz CT molecular complexity index is 488. The van der Waals surface area contributed by atoms with Gasteiger partial charge in [0.15, 0.2) is 5.76 Å². The quantitative estimate of drug-likeness (QED) is 0.636. The van der Waals surface area contributed by atoms with E-state index in [1.807, 2.05) is 0 Å². The maximum Gasteiger partial charge on any atom is 0.307 e. The fourth-order valence-corrected chi connectivity index (χ4v) is 2.23. The van der Waals surface area contributed by atoms with Gasteiger partial charge in [0.2, 0.25) is 5.91 Å². The van der Waals surface area contributed by atoms with Gasteiger partial charge in [0, 0.05) is 11.8 Å². The van der Waals surface area contributed by atoms with Crippen LogP contribution in [0, 0.1) is 0 Å². The van der Waals surface area contributed by atoms with Crippen LogP contribution in [0.5, 0.6) is 0 Å². The van der Waals surface area contributed by atoms with Gasteiger partial charge in [-0.1, -0.05) is 12.8 Å². The van der Waals surface area contributed by atoms with Gasteiger partial charge < -0.3 is 9.73 Å². The Kier molecular flexibility index (Phi) is 4.92. The highest BCUT2D eigenvalue weighted by atomic mass is 16.3. The minimum absolute atomic E-state index is 0.0506. The summed E-state index contributed by atoms with van der Waals surface area (Å²) in [6.07, 6.45) is 6.07. The lowest BCUT2D eigenvalue weighted by Gasteiger charge is -2.11. The Morgan fingerprint density at radius 2 is 2.15 bits per heavy atom. The minimum Gasteiger partial charge on any atom is -0.459 e. The van der Waals surface area contributed by atoms with E-state index >= 15 is 0 Å². The number of carbonyl (C=O) groups is 2. The average Bonchev–Trinajstić information content (AvgIpc) is 3.08. The molecule has 20 heavy (non-hydrogen) atoms. The molecule has 2 N–H and O–H groups in total. The zero-order valence-corrected chi connectivity index (χ0v) is 11.5. The van der Waals surface area contributed by atoms with Crippen molar-refractivity contribution in [3.63, 3.8) is 0 Å². The second kappa shape index (κ2) is 6.88. The number of nitrogens with zero attached hydrogens (tertiary/aromatic N) is 1. The number of nitrogens with one attached hydrogen (secondary N) is 2. The third-order valence-corrected chi connectivity index (χ3v) is 3.23. The van der Waals surface area contributed by atoms with Crippen LogP contribution in [0.15, 0.2) is 27.9 Å². The van der Waals surface area contributed by atoms with E-state index in [-0.39, 0.29) is 18.1 Å². The zero-order chi connectivity index (χ0) is 14.4. The molecule has 0 saturated heterocycles. The van der Waals surface area contributed by atoms with Gasteiger partial charge in [0.25, 0.3) is 0 Å². The van der Waals surface area contributed by atoms with Crippen LogP contribution in [0.2, 0.25) is 0 Å². The number of rotatable bonds is 5. The van der Waals surface area contributed by atoms with Crippen molar-refractivity contribution >= 4 is 17.5 Å². The van der Waals surface area contributed by atoms with Crippen LogP contribution in [-0.2, 0) is 4.79 Å². The maximum absolute atomic E-state index is 11.8. The largest absolute Gasteiger partial charge is 0.459 e. The van der Waals surface area contributed by atoms with Gasteiger partial charge in [0.05, 0.1) is 12.7 Å². The van der Waals surface area contributed by atoms with Gasteiger partial charge in [0.1, 0.15) is 0 Å². The number of hydrogen-bond acceptors (Lipinski definition) is 4. The third-order valence-electron chi connectivity index (χ3n) is 3.23. The fraction of sp³-hybridized carbons (Fsp3) is 0.500. The van der Waals surface area contributed by atoms with Crippen molar-refractivity contribution in [2.24, 2.45) is 5.10 Å². The minimum atomic E-state index is -0.425. The lowest BCUT2D eigenvalue weighted by molar-refractivity contribution is -0.120. The van der Waals surface area contributed by atoms with E-state index in [1.165, 1.54) is 19.1 Å². The lowest BCUT2D eigenvalue weighted by Crippen LogP contribution is -2.33. The molecule has 0 bridgehead atoms. The summed E-state index contributed by atoms with van der Waals surface area (Å²) in [5, 5.41) is 6.86. The van der Waals surface area contributed by atoms with Crippen LogP contribution in [0.1, 0.15) is 49.6 Å². The van der Waals surface area contributed by atoms with Crippen molar-refractivity contribution in [3.05, 3.63) is 24.2 Å². The third kappa shape index (κ3) is 4.22. The van der Waals surface area contributed by atoms with Crippen LogP contribution in [0.25, 0.3) is 0 Å². The first-order valence-corrected chi connectivity index (χ1v) is 6.81. The number of carbonyl (C=O) groups excluding carboxylic acids is 2. The van der Waals surface area contributed by atoms with Crippen LogP contribution < -0.4 is 10.7 Å².